The van der Waals surface area contributed by atoms with Crippen LogP contribution in [0.5, 0.6) is 0 Å². The topological polar surface area (TPSA) is 29.5 Å². The summed E-state index contributed by atoms with van der Waals surface area (Å²) in [6, 6.07) is 10.4. The molecule has 1 saturated heterocycles. The lowest BCUT2D eigenvalue weighted by atomic mass is 9.65. The number of methoxy groups -OCH3 is 1. The zero-order valence-electron chi connectivity index (χ0n) is 15.8. The van der Waals surface area contributed by atoms with Gasteiger partial charge >= 0.3 is 0 Å². The third-order valence-corrected chi connectivity index (χ3v) is 6.07. The zero-order valence-corrected chi connectivity index (χ0v) is 16.6. The Bertz CT molecular complexity index is 536. The van der Waals surface area contributed by atoms with Crippen LogP contribution in [0.4, 0.5) is 0 Å². The van der Waals surface area contributed by atoms with Gasteiger partial charge in [-0.25, -0.2) is 0 Å². The summed E-state index contributed by atoms with van der Waals surface area (Å²) in [5.41, 5.74) is 0.820. The molecular formula is C21H32ClNO2. The zero-order chi connectivity index (χ0) is 18.3. The van der Waals surface area contributed by atoms with E-state index in [9.17, 15) is 4.79 Å². The maximum atomic E-state index is 12.7. The second-order valence-electron chi connectivity index (χ2n) is 6.99. The van der Waals surface area contributed by atoms with E-state index in [2.05, 4.69) is 43.0 Å². The molecule has 1 aromatic rings. The van der Waals surface area contributed by atoms with E-state index in [1.807, 2.05) is 6.07 Å². The van der Waals surface area contributed by atoms with Gasteiger partial charge in [0.1, 0.15) is 5.38 Å². The minimum absolute atomic E-state index is 0.0814. The van der Waals surface area contributed by atoms with Crippen molar-refractivity contribution in [1.29, 1.82) is 0 Å². The van der Waals surface area contributed by atoms with Gasteiger partial charge in [-0.2, -0.15) is 0 Å². The predicted molar refractivity (Wildman–Crippen MR) is 104 cm³/mol. The molecule has 0 aliphatic carbocycles. The Labute approximate surface area is 157 Å². The Morgan fingerprint density at radius 1 is 1.20 bits per heavy atom. The number of nitrogens with zero attached hydrogens (tertiary/aromatic N) is 1. The van der Waals surface area contributed by atoms with Gasteiger partial charge in [-0.1, -0.05) is 63.4 Å². The number of ether oxygens (including phenoxy) is 1. The lowest BCUT2D eigenvalue weighted by molar-refractivity contribution is -0.164. The van der Waals surface area contributed by atoms with Crippen LogP contribution < -0.4 is 0 Å². The lowest BCUT2D eigenvalue weighted by Crippen LogP contribution is -2.73. The van der Waals surface area contributed by atoms with Gasteiger partial charge in [0.15, 0.2) is 0 Å². The molecule has 1 aliphatic rings. The first kappa shape index (κ1) is 20.3. The van der Waals surface area contributed by atoms with E-state index in [0.717, 1.165) is 45.3 Å². The molecule has 1 amide bonds. The molecule has 4 heteroatoms. The highest BCUT2D eigenvalue weighted by atomic mass is 35.5. The van der Waals surface area contributed by atoms with Gasteiger partial charge < -0.3 is 9.64 Å². The van der Waals surface area contributed by atoms with Gasteiger partial charge in [-0.15, -0.1) is 11.6 Å². The number of halogens is 1. The fourth-order valence-electron chi connectivity index (χ4n) is 4.25. The lowest BCUT2D eigenvalue weighted by Gasteiger charge is -2.59. The average molecular weight is 366 g/mol. The summed E-state index contributed by atoms with van der Waals surface area (Å²) in [7, 11) is 1.72. The summed E-state index contributed by atoms with van der Waals surface area (Å²) in [5, 5.41) is -0.459. The van der Waals surface area contributed by atoms with Crippen LogP contribution in [0.25, 0.3) is 0 Å². The van der Waals surface area contributed by atoms with Crippen molar-refractivity contribution in [2.75, 3.05) is 20.3 Å². The number of benzene rings is 1. The molecule has 140 valence electrons. The monoisotopic (exact) mass is 365 g/mol. The SMILES string of the molecule is CCCCC(CC)C1(c2ccccc2)C(Cl)C(=O)N1CCCCOC. The van der Waals surface area contributed by atoms with Crippen LogP contribution in [-0.2, 0) is 15.1 Å². The number of unbranched alkanes of at least 4 members (excludes halogenated alkanes) is 2. The van der Waals surface area contributed by atoms with Gasteiger partial charge in [-0.05, 0) is 30.7 Å². The van der Waals surface area contributed by atoms with Crippen LogP contribution in [0.3, 0.4) is 0 Å². The quantitative estimate of drug-likeness (QED) is 0.314. The van der Waals surface area contributed by atoms with Gasteiger partial charge in [0, 0.05) is 20.3 Å². The molecule has 0 bridgehead atoms. The number of β-lactam (4-membered cyclic amide) rings is 1. The fraction of sp³-hybridized carbons (Fsp3) is 0.667. The second-order valence-corrected chi connectivity index (χ2v) is 7.43. The molecule has 0 N–H and O–H groups in total. The van der Waals surface area contributed by atoms with Crippen molar-refractivity contribution >= 4 is 17.5 Å². The molecule has 3 unspecified atom stereocenters. The van der Waals surface area contributed by atoms with Crippen molar-refractivity contribution < 1.29 is 9.53 Å². The molecule has 1 aromatic carbocycles. The standard InChI is InChI=1S/C21H32ClNO2/c1-4-6-12-17(5-2)21(18-13-8-7-9-14-18)19(22)20(24)23(21)15-10-11-16-25-3/h7-9,13-14,17,19H,4-6,10-12,15-16H2,1-3H3. The van der Waals surface area contributed by atoms with E-state index in [1.54, 1.807) is 7.11 Å². The first-order chi connectivity index (χ1) is 12.1. The minimum Gasteiger partial charge on any atom is -0.385 e. The highest BCUT2D eigenvalue weighted by Gasteiger charge is 2.62. The highest BCUT2D eigenvalue weighted by Crippen LogP contribution is 2.52. The minimum atomic E-state index is -0.459. The number of carbonyl (C=O) groups is 1. The third kappa shape index (κ3) is 3.88. The van der Waals surface area contributed by atoms with Gasteiger partial charge in [-0.3, -0.25) is 4.79 Å². The van der Waals surface area contributed by atoms with E-state index in [1.165, 1.54) is 12.0 Å². The molecule has 0 spiro atoms. The Morgan fingerprint density at radius 3 is 2.52 bits per heavy atom. The smallest absolute Gasteiger partial charge is 0.244 e. The van der Waals surface area contributed by atoms with Crippen molar-refractivity contribution in [3.63, 3.8) is 0 Å². The Balaban J connectivity index is 2.33. The third-order valence-electron chi connectivity index (χ3n) is 5.55. The molecule has 1 heterocycles. The molecule has 2 rings (SSSR count). The van der Waals surface area contributed by atoms with Crippen LogP contribution in [0.1, 0.15) is 57.9 Å². The molecule has 0 radical (unpaired) electrons. The Kier molecular flexibility index (Phi) is 7.77. The number of likely N-dealkylation sites (tertiary alicyclic amines) is 1. The number of alkyl halides is 1. The van der Waals surface area contributed by atoms with Crippen LogP contribution in [0, 0.1) is 5.92 Å². The molecule has 0 saturated carbocycles. The van der Waals surface area contributed by atoms with E-state index >= 15 is 0 Å². The van der Waals surface area contributed by atoms with Crippen LogP contribution in [0.2, 0.25) is 0 Å². The average Bonchev–Trinajstić information content (AvgIpc) is 2.66. The summed E-state index contributed by atoms with van der Waals surface area (Å²) in [6.07, 6.45) is 6.37. The Morgan fingerprint density at radius 2 is 1.92 bits per heavy atom. The van der Waals surface area contributed by atoms with Crippen molar-refractivity contribution in [1.82, 2.24) is 4.90 Å². The van der Waals surface area contributed by atoms with Crippen LogP contribution >= 0.6 is 11.6 Å². The molecule has 3 nitrogen and oxygen atoms in total. The van der Waals surface area contributed by atoms with Crippen molar-refractivity contribution in [3.05, 3.63) is 35.9 Å². The molecule has 0 aromatic heterocycles. The number of hydrogen-bond acceptors (Lipinski definition) is 2. The normalized spacial score (nSPS) is 24.2. The summed E-state index contributed by atoms with van der Waals surface area (Å²) in [6.45, 7) is 5.93. The molecule has 3 atom stereocenters. The van der Waals surface area contributed by atoms with Crippen molar-refractivity contribution in [2.24, 2.45) is 5.92 Å². The van der Waals surface area contributed by atoms with Crippen molar-refractivity contribution in [2.45, 2.75) is 63.3 Å². The van der Waals surface area contributed by atoms with Gasteiger partial charge in [0.25, 0.3) is 0 Å². The summed E-state index contributed by atoms with van der Waals surface area (Å²) >= 11 is 6.73. The maximum Gasteiger partial charge on any atom is 0.244 e. The highest BCUT2D eigenvalue weighted by molar-refractivity contribution is 6.34. The molecule has 1 fully saturated rings. The first-order valence-electron chi connectivity index (χ1n) is 9.64. The summed E-state index contributed by atoms with van der Waals surface area (Å²) in [4.78, 5) is 14.7. The molecular weight excluding hydrogens is 334 g/mol. The first-order valence-corrected chi connectivity index (χ1v) is 10.1. The van der Waals surface area contributed by atoms with E-state index in [4.69, 9.17) is 16.3 Å². The van der Waals surface area contributed by atoms with Gasteiger partial charge in [0.05, 0.1) is 5.54 Å². The number of hydrogen-bond donors (Lipinski definition) is 0. The van der Waals surface area contributed by atoms with E-state index < -0.39 is 5.38 Å². The van der Waals surface area contributed by atoms with Gasteiger partial charge in [0.2, 0.25) is 5.91 Å². The number of carbonyl (C=O) groups excluding carboxylic acids is 1. The van der Waals surface area contributed by atoms with Crippen molar-refractivity contribution in [3.8, 4) is 0 Å². The molecule has 1 aliphatic heterocycles. The van der Waals surface area contributed by atoms with Crippen LogP contribution in [-0.4, -0.2) is 36.4 Å². The van der Waals surface area contributed by atoms with E-state index in [0.29, 0.717) is 5.92 Å². The van der Waals surface area contributed by atoms with E-state index in [-0.39, 0.29) is 11.4 Å². The summed E-state index contributed by atoms with van der Waals surface area (Å²) < 4.78 is 5.15. The number of amides is 1. The largest absolute Gasteiger partial charge is 0.385 e. The maximum absolute atomic E-state index is 12.7. The number of rotatable bonds is 11. The fourth-order valence-corrected chi connectivity index (χ4v) is 4.79. The predicted octanol–water partition coefficient (Wildman–Crippen LogP) is 4.97. The Hall–Kier alpha value is -1.06. The second kappa shape index (κ2) is 9.59. The van der Waals surface area contributed by atoms with Crippen LogP contribution in [0.15, 0.2) is 30.3 Å². The molecule has 25 heavy (non-hydrogen) atoms. The summed E-state index contributed by atoms with van der Waals surface area (Å²) in [5.74, 6) is 0.468.